The van der Waals surface area contributed by atoms with E-state index in [4.69, 9.17) is 4.74 Å². The van der Waals surface area contributed by atoms with Gasteiger partial charge in [0.25, 0.3) is 0 Å². The molecular weight excluding hydrogens is 294 g/mol. The second-order valence-corrected chi connectivity index (χ2v) is 8.17. The monoisotopic (exact) mass is 325 g/mol. The summed E-state index contributed by atoms with van der Waals surface area (Å²) >= 11 is 0. The highest BCUT2D eigenvalue weighted by atomic mass is 16.6. The van der Waals surface area contributed by atoms with Gasteiger partial charge >= 0.3 is 6.09 Å². The predicted octanol–water partition coefficient (Wildman–Crippen LogP) is 3.60. The number of amides is 1. The van der Waals surface area contributed by atoms with E-state index in [-0.39, 0.29) is 18.1 Å². The first kappa shape index (κ1) is 17.0. The Morgan fingerprint density at radius 3 is 2.35 bits per heavy atom. The van der Waals surface area contributed by atoms with Crippen LogP contribution >= 0.6 is 0 Å². The summed E-state index contributed by atoms with van der Waals surface area (Å²) < 4.78 is 6.09. The number of hydrogen-bond acceptors (Lipinski definition) is 3. The van der Waals surface area contributed by atoms with Gasteiger partial charge in [-0.25, -0.2) is 4.79 Å². The fourth-order valence-corrected chi connectivity index (χ4v) is 4.74. The van der Waals surface area contributed by atoms with E-state index in [1.54, 1.807) is 0 Å². The molecule has 0 aromatic heterocycles. The molecule has 132 valence electrons. The van der Waals surface area contributed by atoms with E-state index in [0.717, 1.165) is 25.7 Å². The molecule has 0 radical (unpaired) electrons. The molecule has 1 aliphatic heterocycles. The number of rotatable bonds is 4. The summed E-state index contributed by atoms with van der Waals surface area (Å²) in [6, 6.07) is -0.221. The molecule has 0 aromatic rings. The number of aliphatic hydroxyl groups excluding tert-OH is 1. The van der Waals surface area contributed by atoms with Gasteiger partial charge in [-0.2, -0.15) is 0 Å². The van der Waals surface area contributed by atoms with E-state index < -0.39 is 17.9 Å². The molecule has 2 N–H and O–H groups in total. The Morgan fingerprint density at radius 1 is 1.17 bits per heavy atom. The number of carbonyl (C=O) groups is 1. The molecule has 0 aromatic carbocycles. The van der Waals surface area contributed by atoms with Crippen LogP contribution < -0.4 is 0 Å². The highest BCUT2D eigenvalue weighted by molar-refractivity contribution is 5.67. The first-order valence-corrected chi connectivity index (χ1v) is 9.28. The zero-order valence-corrected chi connectivity index (χ0v) is 14.4. The summed E-state index contributed by atoms with van der Waals surface area (Å²) in [5.74, 6) is 0.836. The lowest BCUT2D eigenvalue weighted by atomic mass is 9.76. The van der Waals surface area contributed by atoms with Crippen LogP contribution in [-0.2, 0) is 4.74 Å². The van der Waals surface area contributed by atoms with Gasteiger partial charge in [-0.1, -0.05) is 38.5 Å². The van der Waals surface area contributed by atoms with Crippen molar-refractivity contribution < 1.29 is 19.7 Å². The van der Waals surface area contributed by atoms with Crippen LogP contribution in [-0.4, -0.2) is 45.2 Å². The predicted molar refractivity (Wildman–Crippen MR) is 87.1 cm³/mol. The van der Waals surface area contributed by atoms with Crippen LogP contribution in [0.5, 0.6) is 0 Å². The molecule has 1 amide bonds. The second-order valence-electron chi connectivity index (χ2n) is 8.17. The standard InChI is InChI=1S/C18H31NO4/c1-18(2)19(17(21)22)14(11-12-7-4-3-5-8-12)16(23-18)15(20)13-9-6-10-13/h12-16,20H,3-11H2,1-2H3,(H,21,22)/t14-,15-,16+/m0/s1. The lowest BCUT2D eigenvalue weighted by molar-refractivity contribution is -0.117. The molecular formula is C18H31NO4. The fourth-order valence-electron chi connectivity index (χ4n) is 4.74. The highest BCUT2D eigenvalue weighted by Gasteiger charge is 2.54. The molecule has 0 unspecified atom stereocenters. The van der Waals surface area contributed by atoms with Crippen LogP contribution in [0.15, 0.2) is 0 Å². The van der Waals surface area contributed by atoms with Gasteiger partial charge in [0.2, 0.25) is 0 Å². The highest BCUT2D eigenvalue weighted by Crippen LogP contribution is 2.43. The van der Waals surface area contributed by atoms with Crippen molar-refractivity contribution >= 4 is 6.09 Å². The van der Waals surface area contributed by atoms with E-state index in [1.165, 1.54) is 37.0 Å². The first-order chi connectivity index (χ1) is 10.9. The lowest BCUT2D eigenvalue weighted by Gasteiger charge is -2.37. The average molecular weight is 325 g/mol. The van der Waals surface area contributed by atoms with Gasteiger partial charge < -0.3 is 14.9 Å². The summed E-state index contributed by atoms with van der Waals surface area (Å²) in [5, 5.41) is 20.5. The molecule has 2 aliphatic carbocycles. The minimum atomic E-state index is -0.931. The molecule has 5 nitrogen and oxygen atoms in total. The van der Waals surface area contributed by atoms with E-state index >= 15 is 0 Å². The maximum atomic E-state index is 11.9. The van der Waals surface area contributed by atoms with Crippen molar-refractivity contribution in [2.75, 3.05) is 0 Å². The normalized spacial score (nSPS) is 33.4. The molecule has 3 fully saturated rings. The third kappa shape index (κ3) is 3.36. The number of aliphatic hydroxyl groups is 1. The molecule has 3 aliphatic rings. The Labute approximate surface area is 139 Å². The van der Waals surface area contributed by atoms with Crippen LogP contribution in [0, 0.1) is 11.8 Å². The molecule has 23 heavy (non-hydrogen) atoms. The van der Waals surface area contributed by atoms with Crippen LogP contribution in [0.3, 0.4) is 0 Å². The molecule has 2 saturated carbocycles. The van der Waals surface area contributed by atoms with Gasteiger partial charge in [-0.15, -0.1) is 0 Å². The average Bonchev–Trinajstić information content (AvgIpc) is 2.69. The number of nitrogens with zero attached hydrogens (tertiary/aromatic N) is 1. The molecule has 0 spiro atoms. The van der Waals surface area contributed by atoms with Gasteiger partial charge in [0.1, 0.15) is 11.8 Å². The molecule has 5 heteroatoms. The van der Waals surface area contributed by atoms with Crippen LogP contribution in [0.1, 0.15) is 71.6 Å². The zero-order valence-electron chi connectivity index (χ0n) is 14.4. The smallest absolute Gasteiger partial charge is 0.409 e. The summed E-state index contributed by atoms with van der Waals surface area (Å²) in [4.78, 5) is 13.3. The van der Waals surface area contributed by atoms with E-state index in [1.807, 2.05) is 13.8 Å². The summed E-state index contributed by atoms with van der Waals surface area (Å²) in [6.45, 7) is 3.62. The van der Waals surface area contributed by atoms with Gasteiger partial charge in [0.15, 0.2) is 0 Å². The second kappa shape index (κ2) is 6.60. The van der Waals surface area contributed by atoms with Crippen molar-refractivity contribution in [1.82, 2.24) is 4.90 Å². The summed E-state index contributed by atoms with van der Waals surface area (Å²) in [6.07, 6.45) is 8.32. The van der Waals surface area contributed by atoms with E-state index in [2.05, 4.69) is 0 Å². The third-order valence-corrected chi connectivity index (χ3v) is 6.19. The van der Waals surface area contributed by atoms with Gasteiger partial charge in [0, 0.05) is 0 Å². The Balaban J connectivity index is 1.78. The Bertz CT molecular complexity index is 429. The maximum Gasteiger partial charge on any atom is 0.409 e. The third-order valence-electron chi connectivity index (χ3n) is 6.19. The lowest BCUT2D eigenvalue weighted by Crippen LogP contribution is -2.50. The maximum absolute atomic E-state index is 11.9. The summed E-state index contributed by atoms with van der Waals surface area (Å²) in [7, 11) is 0. The fraction of sp³-hybridized carbons (Fsp3) is 0.944. The van der Waals surface area contributed by atoms with Crippen LogP contribution in [0.2, 0.25) is 0 Å². The van der Waals surface area contributed by atoms with Gasteiger partial charge in [0.05, 0.1) is 12.1 Å². The van der Waals surface area contributed by atoms with Crippen molar-refractivity contribution in [3.63, 3.8) is 0 Å². The molecule has 3 rings (SSSR count). The minimum absolute atomic E-state index is 0.221. The zero-order chi connectivity index (χ0) is 16.6. The Morgan fingerprint density at radius 2 is 1.83 bits per heavy atom. The Kier molecular flexibility index (Phi) is 4.88. The van der Waals surface area contributed by atoms with Crippen LogP contribution in [0.25, 0.3) is 0 Å². The van der Waals surface area contributed by atoms with E-state index in [0.29, 0.717) is 5.92 Å². The van der Waals surface area contributed by atoms with E-state index in [9.17, 15) is 15.0 Å². The molecule has 3 atom stereocenters. The minimum Gasteiger partial charge on any atom is -0.465 e. The van der Waals surface area contributed by atoms with Crippen molar-refractivity contribution in [1.29, 1.82) is 0 Å². The van der Waals surface area contributed by atoms with Crippen molar-refractivity contribution in [2.24, 2.45) is 11.8 Å². The molecule has 1 saturated heterocycles. The molecule has 0 bridgehead atoms. The number of hydrogen-bond donors (Lipinski definition) is 2. The number of ether oxygens (including phenoxy) is 1. The topological polar surface area (TPSA) is 70.0 Å². The van der Waals surface area contributed by atoms with Crippen molar-refractivity contribution in [3.8, 4) is 0 Å². The molecule has 1 heterocycles. The SMILES string of the molecule is CC1(C)O[C@@H]([C@@H](O)C2CCC2)[C@H](CC2CCCCC2)N1C(=O)O. The largest absolute Gasteiger partial charge is 0.465 e. The Hall–Kier alpha value is -0.810. The quantitative estimate of drug-likeness (QED) is 0.828. The van der Waals surface area contributed by atoms with Gasteiger partial charge in [-0.05, 0) is 44.9 Å². The van der Waals surface area contributed by atoms with Crippen molar-refractivity contribution in [3.05, 3.63) is 0 Å². The first-order valence-electron chi connectivity index (χ1n) is 9.28. The van der Waals surface area contributed by atoms with Crippen LogP contribution in [0.4, 0.5) is 4.79 Å². The van der Waals surface area contributed by atoms with Crippen molar-refractivity contribution in [2.45, 2.75) is 95.6 Å². The number of carboxylic acid groups (broad SMARTS) is 1. The van der Waals surface area contributed by atoms with Gasteiger partial charge in [-0.3, -0.25) is 4.90 Å². The summed E-state index contributed by atoms with van der Waals surface area (Å²) in [5.41, 5.74) is -0.861.